The minimum atomic E-state index is 1.04. The molecule has 0 aliphatic heterocycles. The van der Waals surface area contributed by atoms with Gasteiger partial charge in [0.1, 0.15) is 0 Å². The van der Waals surface area contributed by atoms with E-state index in [9.17, 15) is 0 Å². The normalized spacial score (nSPS) is 12.5. The fraction of sp³-hybridized carbons (Fsp3) is 1.00. The minimum Gasteiger partial charge on any atom is -0.0654 e. The smallest absolute Gasteiger partial charge is 0.0414 e. The maximum atomic E-state index is 2.37. The van der Waals surface area contributed by atoms with Gasteiger partial charge < -0.3 is 0 Å². The van der Waals surface area contributed by atoms with Crippen LogP contribution in [0.5, 0.6) is 0 Å². The Bertz CT molecular complexity index is 257. The van der Waals surface area contributed by atoms with Crippen molar-refractivity contribution in [3.05, 3.63) is 0 Å². The molecule has 0 aliphatic carbocycles. The highest BCUT2D eigenvalue weighted by Gasteiger charge is 2.07. The Morgan fingerprint density at radius 3 is 0.893 bits per heavy atom. The van der Waals surface area contributed by atoms with Crippen LogP contribution in [0.15, 0.2) is 0 Å². The Labute approximate surface area is 181 Å². The maximum Gasteiger partial charge on any atom is -0.0414 e. The first-order valence-electron chi connectivity index (χ1n) is 13.8. The summed E-state index contributed by atoms with van der Waals surface area (Å²) in [5.41, 5.74) is 0. The van der Waals surface area contributed by atoms with Crippen molar-refractivity contribution < 1.29 is 0 Å². The van der Waals surface area contributed by atoms with Crippen LogP contribution in [0.3, 0.4) is 0 Å². The Balaban J connectivity index is 3.26. The van der Waals surface area contributed by atoms with E-state index in [1.54, 1.807) is 0 Å². The van der Waals surface area contributed by atoms with Crippen LogP contribution in [0, 0.1) is 5.92 Å². The van der Waals surface area contributed by atoms with Crippen molar-refractivity contribution in [3.63, 3.8) is 0 Å². The Hall–Kier alpha value is 0. The van der Waals surface area contributed by atoms with E-state index in [1.807, 2.05) is 0 Å². The van der Waals surface area contributed by atoms with E-state index in [2.05, 4.69) is 20.8 Å². The van der Waals surface area contributed by atoms with Crippen molar-refractivity contribution in [2.24, 2.45) is 5.92 Å². The fourth-order valence-electron chi connectivity index (χ4n) is 4.68. The molecular formula is C28H58. The maximum absolute atomic E-state index is 2.37. The zero-order valence-electron chi connectivity index (χ0n) is 20.5. The molecule has 0 saturated heterocycles. The third-order valence-corrected chi connectivity index (χ3v) is 6.63. The van der Waals surface area contributed by atoms with Crippen molar-refractivity contribution in [2.75, 3.05) is 0 Å². The Kier molecular flexibility index (Phi) is 25.0. The molecule has 0 aliphatic rings. The van der Waals surface area contributed by atoms with E-state index < -0.39 is 0 Å². The van der Waals surface area contributed by atoms with Crippen LogP contribution in [0.25, 0.3) is 0 Å². The lowest BCUT2D eigenvalue weighted by molar-refractivity contribution is 0.378. The first kappa shape index (κ1) is 28.0. The highest BCUT2D eigenvalue weighted by molar-refractivity contribution is 4.60. The first-order valence-corrected chi connectivity index (χ1v) is 13.8. The van der Waals surface area contributed by atoms with Crippen LogP contribution in [0.4, 0.5) is 0 Å². The standard InChI is InChI=1S/C28H58/c1-4-7-9-11-12-13-14-15-16-17-18-19-20-21-22-24-27-28(25-6-3)26-23-10-8-5-2/h28H,4-27H2,1-3H3. The second-order valence-electron chi connectivity index (χ2n) is 9.60. The monoisotopic (exact) mass is 394 g/mol. The molecule has 0 fully saturated rings. The molecule has 0 saturated carbocycles. The highest BCUT2D eigenvalue weighted by atomic mass is 14.1. The summed E-state index contributed by atoms with van der Waals surface area (Å²) >= 11 is 0. The highest BCUT2D eigenvalue weighted by Crippen LogP contribution is 2.23. The number of hydrogen-bond acceptors (Lipinski definition) is 0. The Morgan fingerprint density at radius 2 is 0.571 bits per heavy atom. The number of unbranched alkanes of at least 4 members (excludes halogenated alkanes) is 18. The zero-order valence-corrected chi connectivity index (χ0v) is 20.5. The van der Waals surface area contributed by atoms with Gasteiger partial charge in [-0.3, -0.25) is 0 Å². The van der Waals surface area contributed by atoms with Crippen molar-refractivity contribution in [3.8, 4) is 0 Å². The molecule has 0 N–H and O–H groups in total. The molecular weight excluding hydrogens is 336 g/mol. The van der Waals surface area contributed by atoms with E-state index in [4.69, 9.17) is 0 Å². The number of rotatable bonds is 24. The third-order valence-electron chi connectivity index (χ3n) is 6.63. The van der Waals surface area contributed by atoms with Crippen LogP contribution in [0.2, 0.25) is 0 Å². The van der Waals surface area contributed by atoms with Gasteiger partial charge in [0, 0.05) is 0 Å². The van der Waals surface area contributed by atoms with Gasteiger partial charge in [-0.25, -0.2) is 0 Å². The van der Waals surface area contributed by atoms with E-state index in [-0.39, 0.29) is 0 Å². The lowest BCUT2D eigenvalue weighted by atomic mass is 9.91. The quantitative estimate of drug-likeness (QED) is 0.143. The van der Waals surface area contributed by atoms with Gasteiger partial charge in [0.2, 0.25) is 0 Å². The zero-order chi connectivity index (χ0) is 20.5. The first-order chi connectivity index (χ1) is 13.8. The Morgan fingerprint density at radius 1 is 0.286 bits per heavy atom. The third kappa shape index (κ3) is 22.3. The lowest BCUT2D eigenvalue weighted by Crippen LogP contribution is -2.00. The van der Waals surface area contributed by atoms with Crippen molar-refractivity contribution >= 4 is 0 Å². The largest absolute Gasteiger partial charge is 0.0654 e. The second-order valence-corrected chi connectivity index (χ2v) is 9.60. The molecule has 0 aromatic rings. The molecule has 0 nitrogen and oxygen atoms in total. The molecule has 0 spiro atoms. The molecule has 0 heteroatoms. The summed E-state index contributed by atoms with van der Waals surface area (Å²) in [5.74, 6) is 1.04. The predicted molar refractivity (Wildman–Crippen MR) is 131 cm³/mol. The molecule has 0 bridgehead atoms. The van der Waals surface area contributed by atoms with Crippen molar-refractivity contribution in [1.29, 1.82) is 0 Å². The average Bonchev–Trinajstić information content (AvgIpc) is 2.70. The molecule has 28 heavy (non-hydrogen) atoms. The van der Waals surface area contributed by atoms with Crippen LogP contribution < -0.4 is 0 Å². The van der Waals surface area contributed by atoms with E-state index in [0.717, 1.165) is 5.92 Å². The van der Waals surface area contributed by atoms with Crippen molar-refractivity contribution in [2.45, 2.75) is 175 Å². The minimum absolute atomic E-state index is 1.04. The van der Waals surface area contributed by atoms with Gasteiger partial charge in [0.25, 0.3) is 0 Å². The van der Waals surface area contributed by atoms with Crippen LogP contribution >= 0.6 is 0 Å². The van der Waals surface area contributed by atoms with Gasteiger partial charge in [-0.2, -0.15) is 0 Å². The molecule has 0 amide bonds. The molecule has 0 heterocycles. The molecule has 0 radical (unpaired) electrons. The van der Waals surface area contributed by atoms with E-state index in [1.165, 1.54) is 154 Å². The predicted octanol–water partition coefficient (Wildman–Crippen LogP) is 11.0. The molecule has 0 aromatic heterocycles. The van der Waals surface area contributed by atoms with Crippen LogP contribution in [-0.2, 0) is 0 Å². The van der Waals surface area contributed by atoms with Gasteiger partial charge in [0.15, 0.2) is 0 Å². The van der Waals surface area contributed by atoms with E-state index >= 15 is 0 Å². The number of hydrogen-bond donors (Lipinski definition) is 0. The topological polar surface area (TPSA) is 0 Å². The summed E-state index contributed by atoms with van der Waals surface area (Å²) in [7, 11) is 0. The average molecular weight is 395 g/mol. The van der Waals surface area contributed by atoms with E-state index in [0.29, 0.717) is 0 Å². The summed E-state index contributed by atoms with van der Waals surface area (Å²) < 4.78 is 0. The van der Waals surface area contributed by atoms with Gasteiger partial charge >= 0.3 is 0 Å². The van der Waals surface area contributed by atoms with Gasteiger partial charge in [-0.05, 0) is 5.92 Å². The summed E-state index contributed by atoms with van der Waals surface area (Å²) in [4.78, 5) is 0. The van der Waals surface area contributed by atoms with Gasteiger partial charge in [0.05, 0.1) is 0 Å². The van der Waals surface area contributed by atoms with Crippen LogP contribution in [0.1, 0.15) is 175 Å². The summed E-state index contributed by atoms with van der Waals surface area (Å²) in [6.45, 7) is 6.99. The lowest BCUT2D eigenvalue weighted by Gasteiger charge is -2.15. The molecule has 170 valence electrons. The molecule has 1 unspecified atom stereocenters. The summed E-state index contributed by atoms with van der Waals surface area (Å²) in [6.07, 6.45) is 35.3. The fourth-order valence-corrected chi connectivity index (χ4v) is 4.68. The van der Waals surface area contributed by atoms with Crippen LogP contribution in [-0.4, -0.2) is 0 Å². The van der Waals surface area contributed by atoms with Gasteiger partial charge in [-0.15, -0.1) is 0 Å². The molecule has 0 rings (SSSR count). The van der Waals surface area contributed by atoms with Crippen molar-refractivity contribution in [1.82, 2.24) is 0 Å². The molecule has 1 atom stereocenters. The summed E-state index contributed by atoms with van der Waals surface area (Å²) in [5, 5.41) is 0. The van der Waals surface area contributed by atoms with Gasteiger partial charge in [-0.1, -0.05) is 175 Å². The SMILES string of the molecule is CCCCCCCCCCCCCCCCCCC(CCC)CCCCCC. The summed E-state index contributed by atoms with van der Waals surface area (Å²) in [6, 6.07) is 0. The molecule has 0 aromatic carbocycles. The second kappa shape index (κ2) is 25.0.